The van der Waals surface area contributed by atoms with Gasteiger partial charge in [-0.1, -0.05) is 0 Å². The van der Waals surface area contributed by atoms with Crippen molar-refractivity contribution in [2.45, 2.75) is 31.7 Å². The third kappa shape index (κ3) is 5.03. The molecule has 0 radical (unpaired) electrons. The summed E-state index contributed by atoms with van der Waals surface area (Å²) in [4.78, 5) is 16.4. The Morgan fingerprint density at radius 2 is 2.00 bits per heavy atom. The lowest BCUT2D eigenvalue weighted by atomic mass is 10.1. The van der Waals surface area contributed by atoms with E-state index >= 15 is 0 Å². The van der Waals surface area contributed by atoms with Crippen molar-refractivity contribution in [2.24, 2.45) is 0 Å². The van der Waals surface area contributed by atoms with Crippen LogP contribution in [0.2, 0.25) is 0 Å². The number of aromatic nitrogens is 2. The molecule has 2 atom stereocenters. The van der Waals surface area contributed by atoms with Crippen molar-refractivity contribution in [1.29, 1.82) is 0 Å². The third-order valence-corrected chi connectivity index (χ3v) is 5.03. The second-order valence-electron chi connectivity index (χ2n) is 6.59. The molecule has 1 aromatic carbocycles. The van der Waals surface area contributed by atoms with Crippen molar-refractivity contribution in [3.63, 3.8) is 0 Å². The van der Waals surface area contributed by atoms with E-state index < -0.39 is 27.8 Å². The first-order valence-corrected chi connectivity index (χ1v) is 10.4. The number of nitro benzene ring substituents is 1. The Balaban J connectivity index is 1.80. The summed E-state index contributed by atoms with van der Waals surface area (Å²) in [7, 11) is -4.48. The minimum atomic E-state index is -4.48. The SMILES string of the molecule is O=[N+]([O-])c1cc2c(cc1-n1ccnc1)N(CCCCCOS(=O)(=O)O)C(O)C(O)N2. The number of nitrogens with zero attached hydrogens (tertiary/aromatic N) is 4. The minimum Gasteiger partial charge on any atom is -0.369 e. The standard InChI is InChI=1S/C16H21N5O8S/c22-15-16(23)20(5-2-1-3-7-29-30(26,27)28)12-9-13(19-6-4-17-10-19)14(21(24)25)8-11(12)18-15/h4,6,8-10,15-16,18,22-23H,1-3,5,7H2,(H,26,27,28). The molecule has 4 N–H and O–H groups in total. The Labute approximate surface area is 171 Å². The molecule has 0 spiro atoms. The summed E-state index contributed by atoms with van der Waals surface area (Å²) in [6, 6.07) is 2.81. The monoisotopic (exact) mass is 443 g/mol. The molecule has 14 heteroatoms. The first kappa shape index (κ1) is 21.9. The molecule has 30 heavy (non-hydrogen) atoms. The van der Waals surface area contributed by atoms with Crippen LogP contribution in [0.3, 0.4) is 0 Å². The summed E-state index contributed by atoms with van der Waals surface area (Å²) in [5.74, 6) is 0. The van der Waals surface area contributed by atoms with Gasteiger partial charge >= 0.3 is 10.4 Å². The summed E-state index contributed by atoms with van der Waals surface area (Å²) >= 11 is 0. The number of aliphatic hydroxyl groups excluding tert-OH is 2. The van der Waals surface area contributed by atoms with Crippen molar-refractivity contribution in [2.75, 3.05) is 23.4 Å². The Kier molecular flexibility index (Phi) is 6.52. The second kappa shape index (κ2) is 8.93. The van der Waals surface area contributed by atoms with Crippen molar-refractivity contribution in [3.8, 4) is 5.69 Å². The molecule has 0 fully saturated rings. The first-order chi connectivity index (χ1) is 14.2. The highest BCUT2D eigenvalue weighted by Gasteiger charge is 2.33. The maximum Gasteiger partial charge on any atom is 0.397 e. The predicted octanol–water partition coefficient (Wildman–Crippen LogP) is 0.639. The highest BCUT2D eigenvalue weighted by atomic mass is 32.3. The van der Waals surface area contributed by atoms with E-state index in [1.807, 2.05) is 0 Å². The topological polar surface area (TPSA) is 180 Å². The second-order valence-corrected chi connectivity index (χ2v) is 7.68. The molecule has 0 aliphatic carbocycles. The fraction of sp³-hybridized carbons (Fsp3) is 0.438. The van der Waals surface area contributed by atoms with Crippen LogP contribution in [-0.2, 0) is 14.6 Å². The quantitative estimate of drug-likeness (QED) is 0.185. The molecule has 1 aromatic heterocycles. The van der Waals surface area contributed by atoms with Gasteiger partial charge in [-0.2, -0.15) is 8.42 Å². The molecular weight excluding hydrogens is 422 g/mol. The molecule has 2 unspecified atom stereocenters. The van der Waals surface area contributed by atoms with Crippen LogP contribution in [-0.4, -0.2) is 63.3 Å². The van der Waals surface area contributed by atoms with E-state index in [1.165, 1.54) is 34.1 Å². The van der Waals surface area contributed by atoms with E-state index in [9.17, 15) is 28.7 Å². The van der Waals surface area contributed by atoms with E-state index in [0.717, 1.165) is 0 Å². The van der Waals surface area contributed by atoms with Crippen molar-refractivity contribution < 1.29 is 32.3 Å². The lowest BCUT2D eigenvalue weighted by Gasteiger charge is -2.39. The molecule has 1 aliphatic rings. The Hall–Kier alpha value is -2.78. The molecule has 3 rings (SSSR count). The molecular formula is C16H21N5O8S. The number of fused-ring (bicyclic) bond motifs is 1. The maximum atomic E-state index is 11.5. The summed E-state index contributed by atoms with van der Waals surface area (Å²) in [6.07, 6.45) is 3.13. The van der Waals surface area contributed by atoms with Crippen LogP contribution in [0.25, 0.3) is 5.69 Å². The van der Waals surface area contributed by atoms with Gasteiger partial charge in [-0.15, -0.1) is 0 Å². The molecule has 13 nitrogen and oxygen atoms in total. The molecule has 0 saturated carbocycles. The summed E-state index contributed by atoms with van der Waals surface area (Å²) < 4.78 is 35.3. The van der Waals surface area contributed by atoms with Crippen molar-refractivity contribution >= 4 is 27.5 Å². The van der Waals surface area contributed by atoms with Crippen LogP contribution < -0.4 is 10.2 Å². The van der Waals surface area contributed by atoms with Crippen LogP contribution in [0.4, 0.5) is 17.1 Å². The number of nitro groups is 1. The number of aliphatic hydroxyl groups is 2. The lowest BCUT2D eigenvalue weighted by molar-refractivity contribution is -0.384. The molecule has 164 valence electrons. The Bertz CT molecular complexity index is 997. The van der Waals surface area contributed by atoms with Crippen molar-refractivity contribution in [3.05, 3.63) is 41.0 Å². The van der Waals surface area contributed by atoms with Crippen LogP contribution in [0, 0.1) is 10.1 Å². The number of benzene rings is 1. The van der Waals surface area contributed by atoms with Gasteiger partial charge in [0.05, 0.1) is 29.2 Å². The number of imidazole rings is 1. The van der Waals surface area contributed by atoms with Crippen LogP contribution in [0.15, 0.2) is 30.9 Å². The highest BCUT2D eigenvalue weighted by Crippen LogP contribution is 2.39. The number of hydrogen-bond acceptors (Lipinski definition) is 10. The molecule has 2 aromatic rings. The van der Waals surface area contributed by atoms with E-state index in [4.69, 9.17) is 4.55 Å². The van der Waals surface area contributed by atoms with E-state index in [-0.39, 0.29) is 30.2 Å². The van der Waals surface area contributed by atoms with E-state index in [0.29, 0.717) is 24.9 Å². The van der Waals surface area contributed by atoms with Gasteiger partial charge in [-0.3, -0.25) is 14.7 Å². The zero-order valence-corrected chi connectivity index (χ0v) is 16.5. The molecule has 0 saturated heterocycles. The predicted molar refractivity (Wildman–Crippen MR) is 105 cm³/mol. The molecule has 2 heterocycles. The van der Waals surface area contributed by atoms with Crippen LogP contribution >= 0.6 is 0 Å². The van der Waals surface area contributed by atoms with Gasteiger partial charge in [0, 0.05) is 25.0 Å². The zero-order valence-electron chi connectivity index (χ0n) is 15.7. The fourth-order valence-corrected chi connectivity index (χ4v) is 3.53. The first-order valence-electron chi connectivity index (χ1n) is 8.99. The van der Waals surface area contributed by atoms with Gasteiger partial charge in [0.25, 0.3) is 5.69 Å². The van der Waals surface area contributed by atoms with Crippen LogP contribution in [0.1, 0.15) is 19.3 Å². The molecule has 0 amide bonds. The average Bonchev–Trinajstić information content (AvgIpc) is 3.20. The van der Waals surface area contributed by atoms with Crippen LogP contribution in [0.5, 0.6) is 0 Å². The van der Waals surface area contributed by atoms with Gasteiger partial charge in [-0.05, 0) is 25.3 Å². The maximum absolute atomic E-state index is 11.5. The zero-order chi connectivity index (χ0) is 21.9. The van der Waals surface area contributed by atoms with Gasteiger partial charge in [0.1, 0.15) is 5.69 Å². The number of hydrogen-bond donors (Lipinski definition) is 4. The fourth-order valence-electron chi connectivity index (χ4n) is 3.20. The molecule has 0 bridgehead atoms. The van der Waals surface area contributed by atoms with Gasteiger partial charge < -0.3 is 25.0 Å². The Morgan fingerprint density at radius 3 is 2.63 bits per heavy atom. The largest absolute Gasteiger partial charge is 0.397 e. The van der Waals surface area contributed by atoms with E-state index in [1.54, 1.807) is 6.20 Å². The summed E-state index contributed by atoms with van der Waals surface area (Å²) in [6.45, 7) is 0.0963. The highest BCUT2D eigenvalue weighted by molar-refractivity contribution is 7.80. The summed E-state index contributed by atoms with van der Waals surface area (Å²) in [5, 5.41) is 34.7. The number of anilines is 2. The Morgan fingerprint density at radius 1 is 1.23 bits per heavy atom. The summed E-state index contributed by atoms with van der Waals surface area (Å²) in [5.41, 5.74) is 0.785. The normalized spacial score (nSPS) is 18.7. The smallest absolute Gasteiger partial charge is 0.369 e. The molecule has 1 aliphatic heterocycles. The third-order valence-electron chi connectivity index (χ3n) is 4.56. The van der Waals surface area contributed by atoms with Gasteiger partial charge in [0.15, 0.2) is 12.5 Å². The van der Waals surface area contributed by atoms with E-state index in [2.05, 4.69) is 14.5 Å². The van der Waals surface area contributed by atoms with Gasteiger partial charge in [0.2, 0.25) is 0 Å². The minimum absolute atomic E-state index is 0.181. The van der Waals surface area contributed by atoms with Crippen molar-refractivity contribution in [1.82, 2.24) is 9.55 Å². The average molecular weight is 443 g/mol. The number of nitrogens with one attached hydrogen (secondary N) is 1. The van der Waals surface area contributed by atoms with Gasteiger partial charge in [-0.25, -0.2) is 9.17 Å². The number of unbranched alkanes of at least 4 members (excludes halogenated alkanes) is 2. The lowest BCUT2D eigenvalue weighted by Crippen LogP contribution is -2.51. The number of rotatable bonds is 9.